The number of rotatable bonds is 5. The quantitative estimate of drug-likeness (QED) is 0.553. The largest absolute Gasteiger partial charge is 0.397 e. The molecule has 0 aliphatic rings. The fourth-order valence-corrected chi connectivity index (χ4v) is 1.36. The number of anilines is 3. The van der Waals surface area contributed by atoms with Crippen molar-refractivity contribution in [1.82, 2.24) is 0 Å². The van der Waals surface area contributed by atoms with E-state index in [0.29, 0.717) is 17.9 Å². The molecule has 0 heterocycles. The minimum Gasteiger partial charge on any atom is -0.397 e. The van der Waals surface area contributed by atoms with Crippen molar-refractivity contribution in [2.24, 2.45) is 0 Å². The van der Waals surface area contributed by atoms with Crippen molar-refractivity contribution in [2.75, 3.05) is 23.3 Å². The van der Waals surface area contributed by atoms with Gasteiger partial charge in [0, 0.05) is 12.2 Å². The Morgan fingerprint density at radius 1 is 1.33 bits per heavy atom. The second-order valence-corrected chi connectivity index (χ2v) is 3.67. The lowest BCUT2D eigenvalue weighted by molar-refractivity contribution is 0.176. The van der Waals surface area contributed by atoms with Gasteiger partial charge in [0.2, 0.25) is 0 Å². The molecule has 1 atom stereocenters. The van der Waals surface area contributed by atoms with Crippen LogP contribution in [0.3, 0.4) is 0 Å². The topological polar surface area (TPSA) is 84.3 Å². The van der Waals surface area contributed by atoms with Crippen LogP contribution in [0, 0.1) is 0 Å². The van der Waals surface area contributed by atoms with Gasteiger partial charge < -0.3 is 21.9 Å². The molecule has 6 N–H and O–H groups in total. The van der Waals surface area contributed by atoms with Crippen molar-refractivity contribution in [1.29, 1.82) is 0 Å². The van der Waals surface area contributed by atoms with E-state index in [4.69, 9.17) is 11.5 Å². The number of aliphatic hydroxyl groups is 1. The van der Waals surface area contributed by atoms with Gasteiger partial charge in [0.25, 0.3) is 0 Å². The Balaban J connectivity index is 2.47. The average Bonchev–Trinajstić information content (AvgIpc) is 2.20. The van der Waals surface area contributed by atoms with Crippen LogP contribution in [0.5, 0.6) is 0 Å². The maximum Gasteiger partial charge on any atom is 0.0712 e. The highest BCUT2D eigenvalue weighted by Gasteiger charge is 2.02. The lowest BCUT2D eigenvalue weighted by atomic mass is 10.2. The molecule has 4 heteroatoms. The molecular weight excluding hydrogens is 190 g/mol. The van der Waals surface area contributed by atoms with Crippen LogP contribution in [0.25, 0.3) is 0 Å². The van der Waals surface area contributed by atoms with Gasteiger partial charge in [-0.05, 0) is 24.6 Å². The molecule has 0 bridgehead atoms. The second kappa shape index (κ2) is 5.46. The van der Waals surface area contributed by atoms with Crippen LogP contribution in [-0.4, -0.2) is 17.8 Å². The van der Waals surface area contributed by atoms with E-state index in [9.17, 15) is 5.11 Å². The molecule has 1 aromatic carbocycles. The van der Waals surface area contributed by atoms with Gasteiger partial charge in [0.15, 0.2) is 0 Å². The molecule has 1 aromatic rings. The van der Waals surface area contributed by atoms with Crippen molar-refractivity contribution in [3.8, 4) is 0 Å². The molecule has 0 aromatic heterocycles. The third kappa shape index (κ3) is 3.67. The fraction of sp³-hybridized carbons (Fsp3) is 0.455. The van der Waals surface area contributed by atoms with Crippen LogP contribution in [-0.2, 0) is 0 Å². The van der Waals surface area contributed by atoms with Crippen molar-refractivity contribution in [2.45, 2.75) is 25.9 Å². The lowest BCUT2D eigenvalue weighted by Crippen LogP contribution is -2.19. The summed E-state index contributed by atoms with van der Waals surface area (Å²) in [7, 11) is 0. The smallest absolute Gasteiger partial charge is 0.0712 e. The van der Waals surface area contributed by atoms with Crippen molar-refractivity contribution >= 4 is 17.1 Å². The number of hydrogen-bond donors (Lipinski definition) is 4. The molecule has 84 valence electrons. The Hall–Kier alpha value is -1.42. The lowest BCUT2D eigenvalue weighted by Gasteiger charge is -2.12. The van der Waals surface area contributed by atoms with Gasteiger partial charge in [-0.2, -0.15) is 0 Å². The Morgan fingerprint density at radius 2 is 2.07 bits per heavy atom. The minimum absolute atomic E-state index is 0.311. The Bertz CT molecular complexity index is 315. The molecule has 4 nitrogen and oxygen atoms in total. The molecule has 0 spiro atoms. The summed E-state index contributed by atoms with van der Waals surface area (Å²) < 4.78 is 0. The molecule has 1 unspecified atom stereocenters. The predicted molar refractivity (Wildman–Crippen MR) is 64.7 cm³/mol. The first-order valence-corrected chi connectivity index (χ1v) is 5.20. The number of hydrogen-bond acceptors (Lipinski definition) is 4. The van der Waals surface area contributed by atoms with E-state index in [1.165, 1.54) is 0 Å². The van der Waals surface area contributed by atoms with E-state index < -0.39 is 0 Å². The number of nitrogens with one attached hydrogen (secondary N) is 1. The molecule has 0 radical (unpaired) electrons. The second-order valence-electron chi connectivity index (χ2n) is 3.67. The summed E-state index contributed by atoms with van der Waals surface area (Å²) in [5.74, 6) is 0. The van der Waals surface area contributed by atoms with Crippen molar-refractivity contribution < 1.29 is 5.11 Å². The summed E-state index contributed by atoms with van der Waals surface area (Å²) >= 11 is 0. The standard InChI is InChI=1S/C11H19N3O/c1-2-3-9(15)7-14-8-4-5-10(12)11(13)6-8/h4-6,9,14-15H,2-3,7,12-13H2,1H3. The van der Waals surface area contributed by atoms with E-state index in [-0.39, 0.29) is 6.10 Å². The SMILES string of the molecule is CCCC(O)CNc1ccc(N)c(N)c1. The Morgan fingerprint density at radius 3 is 2.67 bits per heavy atom. The van der Waals surface area contributed by atoms with Crippen LogP contribution >= 0.6 is 0 Å². The van der Waals surface area contributed by atoms with Gasteiger partial charge in [0.1, 0.15) is 0 Å². The zero-order valence-electron chi connectivity index (χ0n) is 9.03. The van der Waals surface area contributed by atoms with Gasteiger partial charge in [-0.3, -0.25) is 0 Å². The molecule has 1 rings (SSSR count). The molecule has 0 amide bonds. The van der Waals surface area contributed by atoms with E-state index in [2.05, 4.69) is 5.32 Å². The third-order valence-electron chi connectivity index (χ3n) is 2.25. The molecule has 0 fully saturated rings. The zero-order valence-corrected chi connectivity index (χ0v) is 9.03. The summed E-state index contributed by atoms with van der Waals surface area (Å²) in [6, 6.07) is 5.38. The molecule has 0 saturated heterocycles. The van der Waals surface area contributed by atoms with Crippen LogP contribution in [0.2, 0.25) is 0 Å². The van der Waals surface area contributed by atoms with Crippen molar-refractivity contribution in [3.63, 3.8) is 0 Å². The number of aliphatic hydroxyl groups excluding tert-OH is 1. The summed E-state index contributed by atoms with van der Waals surface area (Å²) in [4.78, 5) is 0. The summed E-state index contributed by atoms with van der Waals surface area (Å²) in [6.45, 7) is 2.58. The van der Waals surface area contributed by atoms with Crippen LogP contribution in [0.4, 0.5) is 17.1 Å². The van der Waals surface area contributed by atoms with E-state index in [1.807, 2.05) is 13.0 Å². The van der Waals surface area contributed by atoms with E-state index in [1.54, 1.807) is 12.1 Å². The fourth-order valence-electron chi connectivity index (χ4n) is 1.36. The van der Waals surface area contributed by atoms with Crippen LogP contribution < -0.4 is 16.8 Å². The molecule has 0 saturated carbocycles. The van der Waals surface area contributed by atoms with Gasteiger partial charge in [-0.15, -0.1) is 0 Å². The first-order chi connectivity index (χ1) is 7.13. The Labute approximate surface area is 90.3 Å². The van der Waals surface area contributed by atoms with E-state index >= 15 is 0 Å². The highest BCUT2D eigenvalue weighted by Crippen LogP contribution is 2.19. The number of benzene rings is 1. The molecule has 0 aliphatic heterocycles. The number of nitrogen functional groups attached to an aromatic ring is 2. The summed E-state index contributed by atoms with van der Waals surface area (Å²) in [5.41, 5.74) is 13.3. The molecule has 0 aliphatic carbocycles. The number of nitrogens with two attached hydrogens (primary N) is 2. The maximum absolute atomic E-state index is 9.52. The highest BCUT2D eigenvalue weighted by atomic mass is 16.3. The normalized spacial score (nSPS) is 12.4. The van der Waals surface area contributed by atoms with Crippen molar-refractivity contribution in [3.05, 3.63) is 18.2 Å². The summed E-state index contributed by atoms with van der Waals surface area (Å²) in [5, 5.41) is 12.6. The zero-order chi connectivity index (χ0) is 11.3. The first kappa shape index (κ1) is 11.7. The molecule has 15 heavy (non-hydrogen) atoms. The predicted octanol–water partition coefficient (Wildman–Crippen LogP) is 1.42. The van der Waals surface area contributed by atoms with Gasteiger partial charge in [-0.1, -0.05) is 13.3 Å². The van der Waals surface area contributed by atoms with Gasteiger partial charge in [-0.25, -0.2) is 0 Å². The molecular formula is C11H19N3O. The van der Waals surface area contributed by atoms with E-state index in [0.717, 1.165) is 18.5 Å². The highest BCUT2D eigenvalue weighted by molar-refractivity contribution is 5.69. The Kier molecular flexibility index (Phi) is 4.24. The van der Waals surface area contributed by atoms with Gasteiger partial charge >= 0.3 is 0 Å². The summed E-state index contributed by atoms with van der Waals surface area (Å²) in [6.07, 6.45) is 1.47. The van der Waals surface area contributed by atoms with Crippen LogP contribution in [0.1, 0.15) is 19.8 Å². The monoisotopic (exact) mass is 209 g/mol. The first-order valence-electron chi connectivity index (χ1n) is 5.20. The van der Waals surface area contributed by atoms with Gasteiger partial charge in [0.05, 0.1) is 17.5 Å². The maximum atomic E-state index is 9.52. The third-order valence-corrected chi connectivity index (χ3v) is 2.25. The minimum atomic E-state index is -0.311. The van der Waals surface area contributed by atoms with Crippen LogP contribution in [0.15, 0.2) is 18.2 Å². The average molecular weight is 209 g/mol.